The predicted octanol–water partition coefficient (Wildman–Crippen LogP) is 8.29. The topological polar surface area (TPSA) is 32.7 Å². The molecule has 1 aliphatic rings. The Bertz CT molecular complexity index is 1640. The van der Waals surface area contributed by atoms with Crippen LogP contribution in [-0.4, -0.2) is 11.6 Å². The summed E-state index contributed by atoms with van der Waals surface area (Å²) in [5, 5.41) is 6.37. The quantitative estimate of drug-likeness (QED) is 0.0811. The number of carbonyl (C=O) groups excluding carboxylic acids is 1. The number of thioether (sulfide) groups is 1. The summed E-state index contributed by atoms with van der Waals surface area (Å²) in [6.07, 6.45) is 1.49. The van der Waals surface area contributed by atoms with E-state index in [4.69, 9.17) is 11.6 Å². The predicted molar refractivity (Wildman–Crippen MR) is 140 cm³/mol. The normalized spacial score (nSPS) is 14.6. The van der Waals surface area contributed by atoms with Crippen molar-refractivity contribution in [3.8, 4) is 0 Å². The summed E-state index contributed by atoms with van der Waals surface area (Å²) in [5.41, 5.74) is 0.303. The highest BCUT2D eigenvalue weighted by atomic mass is 35.5. The van der Waals surface area contributed by atoms with Crippen LogP contribution in [0.2, 0.25) is 5.02 Å². The fourth-order valence-electron chi connectivity index (χ4n) is 4.06. The third-order valence-corrected chi connectivity index (χ3v) is 7.38. The lowest BCUT2D eigenvalue weighted by Gasteiger charge is -2.15. The molecule has 0 radical (unpaired) electrons. The standard InChI is InChI=1S/C28H16ClF5N2OS/c1-14-20(28(37)36(35-14)27-25(33)23(31)22(30)24(32)26(27)34)12-16-8-11-21(19-5-3-2-4-18(16)19)38-13-15-6-9-17(29)10-7-15/h2-12H,13H2,1H3/b20-12+. The molecule has 1 heterocycles. The van der Waals surface area contributed by atoms with E-state index >= 15 is 0 Å². The molecule has 0 saturated heterocycles. The zero-order valence-corrected chi connectivity index (χ0v) is 21.1. The van der Waals surface area contributed by atoms with E-state index in [2.05, 4.69) is 5.10 Å². The van der Waals surface area contributed by atoms with Crippen molar-refractivity contribution in [3.05, 3.63) is 111 Å². The Balaban J connectivity index is 1.50. The molecule has 0 aliphatic carbocycles. The molecule has 0 bridgehead atoms. The van der Waals surface area contributed by atoms with Gasteiger partial charge in [-0.2, -0.15) is 10.1 Å². The number of carbonyl (C=O) groups is 1. The fraction of sp³-hybridized carbons (Fsp3) is 0.0714. The third kappa shape index (κ3) is 4.56. The van der Waals surface area contributed by atoms with Crippen molar-refractivity contribution in [2.45, 2.75) is 17.6 Å². The van der Waals surface area contributed by atoms with E-state index in [1.165, 1.54) is 13.0 Å². The number of hydrazone groups is 1. The van der Waals surface area contributed by atoms with E-state index in [0.717, 1.165) is 21.2 Å². The minimum atomic E-state index is -2.31. The largest absolute Gasteiger partial charge is 0.280 e. The second-order valence-electron chi connectivity index (χ2n) is 8.39. The number of hydrogen-bond acceptors (Lipinski definition) is 3. The van der Waals surface area contributed by atoms with Crippen molar-refractivity contribution in [2.75, 3.05) is 5.01 Å². The number of benzene rings is 4. The maximum absolute atomic E-state index is 14.4. The monoisotopic (exact) mass is 558 g/mol. The van der Waals surface area contributed by atoms with E-state index < -0.39 is 40.7 Å². The summed E-state index contributed by atoms with van der Waals surface area (Å²) in [7, 11) is 0. The molecule has 0 N–H and O–H groups in total. The summed E-state index contributed by atoms with van der Waals surface area (Å²) in [6.45, 7) is 1.41. The van der Waals surface area contributed by atoms with E-state index in [1.807, 2.05) is 54.6 Å². The number of amides is 1. The van der Waals surface area contributed by atoms with Crippen LogP contribution in [0.4, 0.5) is 27.6 Å². The van der Waals surface area contributed by atoms with Gasteiger partial charge in [0.2, 0.25) is 5.82 Å². The van der Waals surface area contributed by atoms with Gasteiger partial charge in [0.15, 0.2) is 23.3 Å². The van der Waals surface area contributed by atoms with Gasteiger partial charge in [-0.1, -0.05) is 54.1 Å². The molecule has 192 valence electrons. The molecule has 0 unspecified atom stereocenters. The molecule has 0 saturated carbocycles. The van der Waals surface area contributed by atoms with Crippen molar-refractivity contribution in [1.82, 2.24) is 0 Å². The highest BCUT2D eigenvalue weighted by Crippen LogP contribution is 2.36. The molecule has 0 fully saturated rings. The number of halogens is 6. The molecule has 0 atom stereocenters. The molecule has 38 heavy (non-hydrogen) atoms. The zero-order chi connectivity index (χ0) is 27.1. The van der Waals surface area contributed by atoms with E-state index in [9.17, 15) is 26.7 Å². The second-order valence-corrected chi connectivity index (χ2v) is 9.85. The van der Waals surface area contributed by atoms with Gasteiger partial charge in [-0.3, -0.25) is 4.79 Å². The van der Waals surface area contributed by atoms with Crippen LogP contribution in [0.3, 0.4) is 0 Å². The molecule has 0 spiro atoms. The maximum atomic E-state index is 14.4. The fourth-order valence-corrected chi connectivity index (χ4v) is 5.20. The minimum Gasteiger partial charge on any atom is -0.267 e. The zero-order valence-electron chi connectivity index (χ0n) is 19.5. The Morgan fingerprint density at radius 1 is 0.842 bits per heavy atom. The number of rotatable bonds is 5. The highest BCUT2D eigenvalue weighted by molar-refractivity contribution is 7.98. The van der Waals surface area contributed by atoms with Gasteiger partial charge in [-0.25, -0.2) is 22.0 Å². The van der Waals surface area contributed by atoms with Crippen LogP contribution < -0.4 is 5.01 Å². The van der Waals surface area contributed by atoms with Gasteiger partial charge < -0.3 is 0 Å². The molecule has 4 aromatic carbocycles. The van der Waals surface area contributed by atoms with Gasteiger partial charge in [-0.15, -0.1) is 11.8 Å². The SMILES string of the molecule is CC1=NN(c2c(F)c(F)c(F)c(F)c2F)C(=O)/C1=C/c1ccc(SCc2ccc(Cl)cc2)c2ccccc12. The van der Waals surface area contributed by atoms with Crippen LogP contribution in [0.5, 0.6) is 0 Å². The third-order valence-electron chi connectivity index (χ3n) is 5.99. The Kier molecular flexibility index (Phi) is 6.98. The van der Waals surface area contributed by atoms with Crippen molar-refractivity contribution in [3.63, 3.8) is 0 Å². The van der Waals surface area contributed by atoms with E-state index in [-0.39, 0.29) is 16.3 Å². The Labute approximate surface area is 223 Å². The molecule has 4 aromatic rings. The Hall–Kier alpha value is -3.69. The Morgan fingerprint density at radius 3 is 2.11 bits per heavy atom. The number of anilines is 1. The highest BCUT2D eigenvalue weighted by Gasteiger charge is 2.37. The smallest absolute Gasteiger partial charge is 0.267 e. The van der Waals surface area contributed by atoms with Crippen LogP contribution >= 0.6 is 23.4 Å². The van der Waals surface area contributed by atoms with Gasteiger partial charge in [-0.05, 0) is 53.1 Å². The number of hydrogen-bond donors (Lipinski definition) is 0. The first-order valence-corrected chi connectivity index (χ1v) is 12.6. The van der Waals surface area contributed by atoms with Gasteiger partial charge in [0, 0.05) is 15.7 Å². The average molecular weight is 559 g/mol. The molecule has 5 rings (SSSR count). The van der Waals surface area contributed by atoms with Crippen LogP contribution in [-0.2, 0) is 10.5 Å². The van der Waals surface area contributed by atoms with Crippen LogP contribution in [0.15, 0.2) is 76.2 Å². The van der Waals surface area contributed by atoms with Crippen molar-refractivity contribution < 1.29 is 26.7 Å². The molecule has 10 heteroatoms. The van der Waals surface area contributed by atoms with Crippen LogP contribution in [0, 0.1) is 29.1 Å². The summed E-state index contributed by atoms with van der Waals surface area (Å²) in [5.74, 6) is -11.2. The minimum absolute atomic E-state index is 0.0411. The van der Waals surface area contributed by atoms with Crippen molar-refractivity contribution in [1.29, 1.82) is 0 Å². The molecular formula is C28H16ClF5N2OS. The summed E-state index contributed by atoms with van der Waals surface area (Å²) < 4.78 is 69.7. The van der Waals surface area contributed by atoms with Gasteiger partial charge in [0.1, 0.15) is 5.69 Å². The second kappa shape index (κ2) is 10.2. The lowest BCUT2D eigenvalue weighted by molar-refractivity contribution is -0.114. The Morgan fingerprint density at radius 2 is 1.45 bits per heavy atom. The molecule has 1 aliphatic heterocycles. The average Bonchev–Trinajstić information content (AvgIpc) is 3.19. The van der Waals surface area contributed by atoms with Gasteiger partial charge in [0.05, 0.1) is 11.3 Å². The van der Waals surface area contributed by atoms with Crippen LogP contribution in [0.1, 0.15) is 18.1 Å². The molecule has 3 nitrogen and oxygen atoms in total. The van der Waals surface area contributed by atoms with Gasteiger partial charge >= 0.3 is 0 Å². The summed E-state index contributed by atoms with van der Waals surface area (Å²) in [4.78, 5) is 14.1. The maximum Gasteiger partial charge on any atom is 0.280 e. The molecular weight excluding hydrogens is 543 g/mol. The van der Waals surface area contributed by atoms with Crippen molar-refractivity contribution >= 4 is 57.5 Å². The molecule has 0 aromatic heterocycles. The lowest BCUT2D eigenvalue weighted by Crippen LogP contribution is -2.25. The van der Waals surface area contributed by atoms with E-state index in [1.54, 1.807) is 17.8 Å². The first-order valence-electron chi connectivity index (χ1n) is 11.2. The summed E-state index contributed by atoms with van der Waals surface area (Å²) in [6, 6.07) is 18.7. The number of fused-ring (bicyclic) bond motifs is 1. The lowest BCUT2D eigenvalue weighted by atomic mass is 10.0. The molecule has 1 amide bonds. The van der Waals surface area contributed by atoms with Crippen LogP contribution in [0.25, 0.3) is 16.8 Å². The first-order chi connectivity index (χ1) is 18.2. The summed E-state index contributed by atoms with van der Waals surface area (Å²) >= 11 is 7.58. The number of nitrogens with zero attached hydrogens (tertiary/aromatic N) is 2. The first kappa shape index (κ1) is 25.9. The van der Waals surface area contributed by atoms with E-state index in [0.29, 0.717) is 16.3 Å². The van der Waals surface area contributed by atoms with Gasteiger partial charge in [0.25, 0.3) is 5.91 Å². The van der Waals surface area contributed by atoms with Crippen molar-refractivity contribution in [2.24, 2.45) is 5.10 Å².